The second-order valence-electron chi connectivity index (χ2n) is 5.80. The molecule has 138 valence electrons. The third-order valence-corrected chi connectivity index (χ3v) is 5.00. The number of thioether (sulfide) groups is 1. The van der Waals surface area contributed by atoms with Crippen LogP contribution in [0.2, 0.25) is 5.02 Å². The summed E-state index contributed by atoms with van der Waals surface area (Å²) < 4.78 is 18.2. The van der Waals surface area contributed by atoms with E-state index in [2.05, 4.69) is 5.32 Å². The van der Waals surface area contributed by atoms with Crippen molar-refractivity contribution in [3.8, 4) is 0 Å². The number of halogens is 2. The molecule has 4 nitrogen and oxygen atoms in total. The number of aryl methyl sites for hydroxylation is 2. The molecule has 0 aliphatic rings. The number of carbonyl (C=O) groups excluding carboxylic acids is 2. The second-order valence-corrected chi connectivity index (χ2v) is 7.23. The van der Waals surface area contributed by atoms with Crippen molar-refractivity contribution in [3.63, 3.8) is 0 Å². The van der Waals surface area contributed by atoms with Crippen molar-refractivity contribution in [1.29, 1.82) is 0 Å². The number of amides is 1. The van der Waals surface area contributed by atoms with E-state index in [0.29, 0.717) is 0 Å². The molecular weight excluding hydrogens is 377 g/mol. The first-order valence-corrected chi connectivity index (χ1v) is 9.28. The van der Waals surface area contributed by atoms with Gasteiger partial charge in [-0.25, -0.2) is 4.39 Å². The Morgan fingerprint density at radius 3 is 2.65 bits per heavy atom. The van der Waals surface area contributed by atoms with Crippen molar-refractivity contribution >= 4 is 40.9 Å². The number of benzene rings is 2. The van der Waals surface area contributed by atoms with Gasteiger partial charge in [-0.15, -0.1) is 11.8 Å². The smallest absolute Gasteiger partial charge is 0.317 e. The molecule has 0 bridgehead atoms. The van der Waals surface area contributed by atoms with E-state index in [-0.39, 0.29) is 16.5 Å². The summed E-state index contributed by atoms with van der Waals surface area (Å²) in [6, 6.07) is 9.62. The molecule has 26 heavy (non-hydrogen) atoms. The summed E-state index contributed by atoms with van der Waals surface area (Å²) >= 11 is 7.23. The van der Waals surface area contributed by atoms with Crippen molar-refractivity contribution in [2.75, 3.05) is 11.1 Å². The number of anilines is 1. The maximum Gasteiger partial charge on any atom is 0.317 e. The molecule has 7 heteroatoms. The summed E-state index contributed by atoms with van der Waals surface area (Å²) in [5.74, 6) is -1.44. The second kappa shape index (κ2) is 9.05. The Kier molecular flexibility index (Phi) is 7.06. The van der Waals surface area contributed by atoms with Gasteiger partial charge in [-0.05, 0) is 50.6 Å². The molecule has 0 fully saturated rings. The third kappa shape index (κ3) is 5.75. The van der Waals surface area contributed by atoms with Crippen molar-refractivity contribution in [1.82, 2.24) is 0 Å². The SMILES string of the molecule is Cc1ccc(C)c(SCC(=O)O[C@H](C)C(=O)Nc2ccc(F)cc2Cl)c1. The summed E-state index contributed by atoms with van der Waals surface area (Å²) in [6.45, 7) is 5.41. The topological polar surface area (TPSA) is 55.4 Å². The standard InChI is InChI=1S/C19H19ClFNO3S/c1-11-4-5-12(2)17(8-11)26-10-18(23)25-13(3)19(24)22-16-7-6-14(21)9-15(16)20/h4-9,13H,10H2,1-3H3,(H,22,24)/t13-/m1/s1. The fourth-order valence-corrected chi connectivity index (χ4v) is 3.23. The van der Waals surface area contributed by atoms with Crippen LogP contribution in [0.5, 0.6) is 0 Å². The first kappa shape index (κ1) is 20.3. The third-order valence-electron chi connectivity index (χ3n) is 3.56. The van der Waals surface area contributed by atoms with Gasteiger partial charge in [0.2, 0.25) is 0 Å². The molecule has 0 saturated heterocycles. The van der Waals surface area contributed by atoms with Crippen LogP contribution < -0.4 is 5.32 Å². The largest absolute Gasteiger partial charge is 0.452 e. The lowest BCUT2D eigenvalue weighted by Crippen LogP contribution is -2.30. The van der Waals surface area contributed by atoms with Crippen molar-refractivity contribution < 1.29 is 18.7 Å². The van der Waals surface area contributed by atoms with Crippen LogP contribution in [0.4, 0.5) is 10.1 Å². The van der Waals surface area contributed by atoms with Gasteiger partial charge in [-0.2, -0.15) is 0 Å². The van der Waals surface area contributed by atoms with Gasteiger partial charge < -0.3 is 10.1 Å². The van der Waals surface area contributed by atoms with Crippen LogP contribution in [-0.4, -0.2) is 23.7 Å². The van der Waals surface area contributed by atoms with E-state index in [1.807, 2.05) is 32.0 Å². The minimum absolute atomic E-state index is 0.0716. The number of hydrogen-bond acceptors (Lipinski definition) is 4. The Morgan fingerprint density at radius 1 is 1.23 bits per heavy atom. The van der Waals surface area contributed by atoms with Crippen LogP contribution >= 0.6 is 23.4 Å². The van der Waals surface area contributed by atoms with Crippen molar-refractivity contribution in [3.05, 3.63) is 58.4 Å². The van der Waals surface area contributed by atoms with E-state index in [1.165, 1.54) is 30.8 Å². The first-order chi connectivity index (χ1) is 12.3. The average molecular weight is 396 g/mol. The predicted octanol–water partition coefficient (Wildman–Crippen LogP) is 4.76. The van der Waals surface area contributed by atoms with Crippen LogP contribution in [0, 0.1) is 19.7 Å². The molecule has 0 radical (unpaired) electrons. The molecule has 0 unspecified atom stereocenters. The van der Waals surface area contributed by atoms with Gasteiger partial charge >= 0.3 is 5.97 Å². The fraction of sp³-hybridized carbons (Fsp3) is 0.263. The van der Waals surface area contributed by atoms with Gasteiger partial charge in [0.05, 0.1) is 16.5 Å². The Hall–Kier alpha value is -2.05. The van der Waals surface area contributed by atoms with Crippen LogP contribution in [-0.2, 0) is 14.3 Å². The lowest BCUT2D eigenvalue weighted by molar-refractivity contribution is -0.150. The van der Waals surface area contributed by atoms with E-state index in [4.69, 9.17) is 16.3 Å². The van der Waals surface area contributed by atoms with Crippen molar-refractivity contribution in [2.45, 2.75) is 31.8 Å². The van der Waals surface area contributed by atoms with Gasteiger partial charge in [0.15, 0.2) is 6.10 Å². The highest BCUT2D eigenvalue weighted by Gasteiger charge is 2.19. The van der Waals surface area contributed by atoms with E-state index in [9.17, 15) is 14.0 Å². The van der Waals surface area contributed by atoms with Crippen LogP contribution in [0.15, 0.2) is 41.3 Å². The minimum atomic E-state index is -0.997. The first-order valence-electron chi connectivity index (χ1n) is 7.91. The van der Waals surface area contributed by atoms with Gasteiger partial charge in [0.25, 0.3) is 5.91 Å². The van der Waals surface area contributed by atoms with E-state index in [1.54, 1.807) is 0 Å². The molecule has 0 aromatic heterocycles. The monoisotopic (exact) mass is 395 g/mol. The molecule has 1 N–H and O–H groups in total. The molecule has 1 atom stereocenters. The number of rotatable bonds is 6. The summed E-state index contributed by atoms with van der Waals surface area (Å²) in [5.41, 5.74) is 2.44. The summed E-state index contributed by atoms with van der Waals surface area (Å²) in [4.78, 5) is 25.1. The maximum absolute atomic E-state index is 13.0. The molecule has 2 rings (SSSR count). The summed E-state index contributed by atoms with van der Waals surface area (Å²) in [6.07, 6.45) is -0.997. The molecular formula is C19H19ClFNO3S. The van der Waals surface area contributed by atoms with Gasteiger partial charge in [-0.1, -0.05) is 29.3 Å². The fourth-order valence-electron chi connectivity index (χ4n) is 2.11. The molecule has 2 aromatic carbocycles. The highest BCUT2D eigenvalue weighted by molar-refractivity contribution is 8.00. The van der Waals surface area contributed by atoms with Crippen LogP contribution in [0.1, 0.15) is 18.1 Å². The van der Waals surface area contributed by atoms with Gasteiger partial charge in [0.1, 0.15) is 5.82 Å². The normalized spacial score (nSPS) is 11.7. The van der Waals surface area contributed by atoms with Gasteiger partial charge in [0, 0.05) is 4.90 Å². The molecule has 0 spiro atoms. The molecule has 0 aliphatic heterocycles. The van der Waals surface area contributed by atoms with E-state index < -0.39 is 23.8 Å². The number of nitrogens with one attached hydrogen (secondary N) is 1. The minimum Gasteiger partial charge on any atom is -0.452 e. The summed E-state index contributed by atoms with van der Waals surface area (Å²) in [5, 5.41) is 2.58. The Balaban J connectivity index is 1.87. The molecule has 2 aromatic rings. The molecule has 0 aliphatic carbocycles. The lowest BCUT2D eigenvalue weighted by Gasteiger charge is -2.14. The number of ether oxygens (including phenoxy) is 1. The van der Waals surface area contributed by atoms with E-state index >= 15 is 0 Å². The zero-order chi connectivity index (χ0) is 19.3. The highest BCUT2D eigenvalue weighted by atomic mass is 35.5. The Bertz CT molecular complexity index is 828. The number of hydrogen-bond donors (Lipinski definition) is 1. The van der Waals surface area contributed by atoms with Crippen LogP contribution in [0.3, 0.4) is 0 Å². The number of esters is 1. The zero-order valence-electron chi connectivity index (χ0n) is 14.6. The molecule has 0 saturated carbocycles. The maximum atomic E-state index is 13.0. The zero-order valence-corrected chi connectivity index (χ0v) is 16.2. The van der Waals surface area contributed by atoms with Crippen LogP contribution in [0.25, 0.3) is 0 Å². The van der Waals surface area contributed by atoms with Crippen molar-refractivity contribution in [2.24, 2.45) is 0 Å². The molecule has 1 amide bonds. The Morgan fingerprint density at radius 2 is 1.96 bits per heavy atom. The Labute approximate surface area is 161 Å². The lowest BCUT2D eigenvalue weighted by atomic mass is 10.2. The quantitative estimate of drug-likeness (QED) is 0.566. The van der Waals surface area contributed by atoms with Gasteiger partial charge in [-0.3, -0.25) is 9.59 Å². The average Bonchev–Trinajstić information content (AvgIpc) is 2.58. The molecule has 0 heterocycles. The highest BCUT2D eigenvalue weighted by Crippen LogP contribution is 2.24. The number of carbonyl (C=O) groups is 2. The summed E-state index contributed by atoms with van der Waals surface area (Å²) in [7, 11) is 0. The predicted molar refractivity (Wildman–Crippen MR) is 102 cm³/mol. The van der Waals surface area contributed by atoms with E-state index in [0.717, 1.165) is 22.1 Å².